The first-order chi connectivity index (χ1) is 13.3. The molecule has 154 valence electrons. The van der Waals surface area contributed by atoms with Gasteiger partial charge in [-0.05, 0) is 43.9 Å². The molecule has 9 heteroatoms. The molecular formula is C19H25NO7S. The van der Waals surface area contributed by atoms with Crippen LogP contribution < -0.4 is 10.1 Å². The van der Waals surface area contributed by atoms with Gasteiger partial charge < -0.3 is 19.5 Å². The van der Waals surface area contributed by atoms with Gasteiger partial charge in [-0.2, -0.15) is 0 Å². The molecule has 2 saturated heterocycles. The smallest absolute Gasteiger partial charge is 0.331 e. The molecule has 0 radical (unpaired) electrons. The van der Waals surface area contributed by atoms with Crippen LogP contribution in [0.25, 0.3) is 0 Å². The molecule has 0 aromatic heterocycles. The molecular weight excluding hydrogens is 386 g/mol. The van der Waals surface area contributed by atoms with Gasteiger partial charge in [0.15, 0.2) is 9.84 Å². The molecule has 2 aliphatic heterocycles. The summed E-state index contributed by atoms with van der Waals surface area (Å²) in [6.45, 7) is 1.15. The second-order valence-electron chi connectivity index (χ2n) is 7.15. The number of esters is 1. The van der Waals surface area contributed by atoms with Crippen LogP contribution in [0.2, 0.25) is 0 Å². The largest absolute Gasteiger partial charge is 0.491 e. The summed E-state index contributed by atoms with van der Waals surface area (Å²) in [5.74, 6) is -0.935. The van der Waals surface area contributed by atoms with Crippen LogP contribution in [0.3, 0.4) is 0 Å². The molecule has 8 nitrogen and oxygen atoms in total. The third-order valence-electron chi connectivity index (χ3n) is 5.16. The van der Waals surface area contributed by atoms with E-state index in [1.807, 2.05) is 0 Å². The zero-order valence-corrected chi connectivity index (χ0v) is 16.6. The van der Waals surface area contributed by atoms with E-state index >= 15 is 0 Å². The topological polar surface area (TPSA) is 108 Å². The van der Waals surface area contributed by atoms with E-state index in [0.717, 1.165) is 19.4 Å². The zero-order chi connectivity index (χ0) is 20.2. The highest BCUT2D eigenvalue weighted by molar-refractivity contribution is 7.91. The van der Waals surface area contributed by atoms with Crippen molar-refractivity contribution in [3.8, 4) is 5.75 Å². The lowest BCUT2D eigenvalue weighted by molar-refractivity contribution is -0.148. The van der Waals surface area contributed by atoms with E-state index in [2.05, 4.69) is 5.32 Å². The van der Waals surface area contributed by atoms with Crippen LogP contribution in [-0.2, 0) is 24.1 Å². The molecule has 1 N–H and O–H groups in total. The van der Waals surface area contributed by atoms with E-state index in [9.17, 15) is 18.0 Å². The molecule has 28 heavy (non-hydrogen) atoms. The first kappa shape index (κ1) is 20.6. The van der Waals surface area contributed by atoms with E-state index in [1.165, 1.54) is 7.11 Å². The molecule has 0 unspecified atom stereocenters. The standard InChI is InChI=1S/C19H25NO7S/c1-25-18(22)19(7-10-28(23,24)11-8-19)20-17(21)14-4-2-5-15(12-14)27-13-16-6-3-9-26-16/h2,4-5,12,16H,3,6-11,13H2,1H3,(H,20,21)/t16-/m0/s1. The van der Waals surface area contributed by atoms with Crippen LogP contribution in [0.4, 0.5) is 0 Å². The number of ether oxygens (including phenoxy) is 3. The highest BCUT2D eigenvalue weighted by Crippen LogP contribution is 2.26. The number of hydrogen-bond donors (Lipinski definition) is 1. The predicted octanol–water partition coefficient (Wildman–Crippen LogP) is 1.09. The Hall–Kier alpha value is -2.13. The fourth-order valence-electron chi connectivity index (χ4n) is 3.44. The molecule has 1 amide bonds. The van der Waals surface area contributed by atoms with Gasteiger partial charge in [0.2, 0.25) is 0 Å². The third kappa shape index (κ3) is 4.82. The van der Waals surface area contributed by atoms with Crippen LogP contribution in [0.15, 0.2) is 24.3 Å². The van der Waals surface area contributed by atoms with Gasteiger partial charge in [-0.25, -0.2) is 13.2 Å². The van der Waals surface area contributed by atoms with Gasteiger partial charge >= 0.3 is 5.97 Å². The maximum Gasteiger partial charge on any atom is 0.331 e. The third-order valence-corrected chi connectivity index (χ3v) is 6.82. The molecule has 2 aliphatic rings. The average molecular weight is 411 g/mol. The Balaban J connectivity index is 1.69. The van der Waals surface area contributed by atoms with Gasteiger partial charge in [0.05, 0.1) is 24.7 Å². The first-order valence-electron chi connectivity index (χ1n) is 9.29. The van der Waals surface area contributed by atoms with Gasteiger partial charge in [-0.1, -0.05) is 6.07 Å². The number of rotatable bonds is 6. The quantitative estimate of drug-likeness (QED) is 0.698. The van der Waals surface area contributed by atoms with Crippen molar-refractivity contribution < 1.29 is 32.2 Å². The fourth-order valence-corrected chi connectivity index (χ4v) is 4.97. The molecule has 3 rings (SSSR count). The van der Waals surface area contributed by atoms with E-state index in [4.69, 9.17) is 14.2 Å². The number of hydrogen-bond acceptors (Lipinski definition) is 7. The monoisotopic (exact) mass is 411 g/mol. The molecule has 2 fully saturated rings. The summed E-state index contributed by atoms with van der Waals surface area (Å²) in [6, 6.07) is 6.64. The van der Waals surface area contributed by atoms with Crippen molar-refractivity contribution in [3.63, 3.8) is 0 Å². The van der Waals surface area contributed by atoms with Gasteiger partial charge in [0.25, 0.3) is 5.91 Å². The highest BCUT2D eigenvalue weighted by Gasteiger charge is 2.45. The Kier molecular flexibility index (Phi) is 6.24. The van der Waals surface area contributed by atoms with E-state index < -0.39 is 27.3 Å². The Morgan fingerprint density at radius 1 is 1.29 bits per heavy atom. The minimum absolute atomic E-state index is 0.0110. The fraction of sp³-hybridized carbons (Fsp3) is 0.579. The van der Waals surface area contributed by atoms with E-state index in [0.29, 0.717) is 17.9 Å². The number of carbonyl (C=O) groups is 2. The number of amides is 1. The van der Waals surface area contributed by atoms with Crippen molar-refractivity contribution in [1.29, 1.82) is 0 Å². The Labute approximate surface area is 164 Å². The second-order valence-corrected chi connectivity index (χ2v) is 9.46. The second kappa shape index (κ2) is 8.48. The molecule has 1 atom stereocenters. The Morgan fingerprint density at radius 2 is 2.04 bits per heavy atom. The van der Waals surface area contributed by atoms with Gasteiger partial charge in [-0.15, -0.1) is 0 Å². The van der Waals surface area contributed by atoms with Crippen LogP contribution >= 0.6 is 0 Å². The summed E-state index contributed by atoms with van der Waals surface area (Å²) in [7, 11) is -1.99. The van der Waals surface area contributed by atoms with Crippen molar-refractivity contribution in [1.82, 2.24) is 5.32 Å². The number of sulfone groups is 1. The summed E-state index contributed by atoms with van der Waals surface area (Å²) < 4.78 is 39.5. The van der Waals surface area contributed by atoms with Gasteiger partial charge in [-0.3, -0.25) is 4.79 Å². The molecule has 0 bridgehead atoms. The number of carbonyl (C=O) groups excluding carboxylic acids is 2. The first-order valence-corrected chi connectivity index (χ1v) is 11.1. The summed E-state index contributed by atoms with van der Waals surface area (Å²) in [4.78, 5) is 25.1. The number of nitrogens with one attached hydrogen (secondary N) is 1. The number of benzene rings is 1. The van der Waals surface area contributed by atoms with Crippen molar-refractivity contribution in [2.45, 2.75) is 37.3 Å². The molecule has 0 spiro atoms. The summed E-state index contributed by atoms with van der Waals surface area (Å²) in [6.07, 6.45) is 2.00. The van der Waals surface area contributed by atoms with E-state index in [1.54, 1.807) is 24.3 Å². The van der Waals surface area contributed by atoms with Crippen molar-refractivity contribution in [3.05, 3.63) is 29.8 Å². The summed E-state index contributed by atoms with van der Waals surface area (Å²) in [5.41, 5.74) is -1.02. The van der Waals surface area contributed by atoms with Crippen LogP contribution in [0, 0.1) is 0 Å². The molecule has 0 saturated carbocycles. The van der Waals surface area contributed by atoms with E-state index in [-0.39, 0.29) is 30.5 Å². The molecule has 0 aliphatic carbocycles. The highest BCUT2D eigenvalue weighted by atomic mass is 32.2. The van der Waals surface area contributed by atoms with Crippen molar-refractivity contribution >= 4 is 21.7 Å². The molecule has 2 heterocycles. The average Bonchev–Trinajstić information content (AvgIpc) is 3.21. The van der Waals surface area contributed by atoms with Crippen LogP contribution in [0.1, 0.15) is 36.0 Å². The van der Waals surface area contributed by atoms with Crippen molar-refractivity contribution in [2.75, 3.05) is 31.8 Å². The maximum absolute atomic E-state index is 12.8. The van der Waals surface area contributed by atoms with Crippen LogP contribution in [0.5, 0.6) is 5.75 Å². The normalized spacial score (nSPS) is 23.0. The Bertz CT molecular complexity index is 816. The lowest BCUT2D eigenvalue weighted by Crippen LogP contribution is -2.58. The minimum atomic E-state index is -3.21. The minimum Gasteiger partial charge on any atom is -0.491 e. The number of methoxy groups -OCH3 is 1. The zero-order valence-electron chi connectivity index (χ0n) is 15.8. The lowest BCUT2D eigenvalue weighted by atomic mass is 9.91. The van der Waals surface area contributed by atoms with Gasteiger partial charge in [0, 0.05) is 12.2 Å². The summed E-state index contributed by atoms with van der Waals surface area (Å²) >= 11 is 0. The predicted molar refractivity (Wildman–Crippen MR) is 101 cm³/mol. The molecule has 1 aromatic carbocycles. The van der Waals surface area contributed by atoms with Gasteiger partial charge in [0.1, 0.15) is 17.9 Å². The summed E-state index contributed by atoms with van der Waals surface area (Å²) in [5, 5.41) is 2.70. The maximum atomic E-state index is 12.8. The Morgan fingerprint density at radius 3 is 2.68 bits per heavy atom. The lowest BCUT2D eigenvalue weighted by Gasteiger charge is -2.35. The molecule has 1 aromatic rings. The van der Waals surface area contributed by atoms with Crippen LogP contribution in [-0.4, -0.2) is 63.8 Å². The SMILES string of the molecule is COC(=O)C1(NC(=O)c2cccc(OC[C@@H]3CCCO3)c2)CCS(=O)(=O)CC1. The van der Waals surface area contributed by atoms with Crippen molar-refractivity contribution in [2.24, 2.45) is 0 Å².